The molecule has 1 aliphatic rings. The Bertz CT molecular complexity index is 676. The van der Waals surface area contributed by atoms with Gasteiger partial charge in [0.25, 0.3) is 0 Å². The summed E-state index contributed by atoms with van der Waals surface area (Å²) in [6, 6.07) is 13.0. The van der Waals surface area contributed by atoms with E-state index in [1.54, 1.807) is 11.3 Å². The molecule has 4 nitrogen and oxygen atoms in total. The van der Waals surface area contributed by atoms with Crippen molar-refractivity contribution < 1.29 is 0 Å². The van der Waals surface area contributed by atoms with E-state index in [-0.39, 0.29) is 0 Å². The first-order valence-corrected chi connectivity index (χ1v) is 9.37. The van der Waals surface area contributed by atoms with Crippen LogP contribution in [0.15, 0.2) is 36.5 Å². The van der Waals surface area contributed by atoms with Crippen molar-refractivity contribution in [3.8, 4) is 6.07 Å². The van der Waals surface area contributed by atoms with E-state index in [2.05, 4.69) is 46.1 Å². The molecule has 0 aromatic carbocycles. The van der Waals surface area contributed by atoms with Gasteiger partial charge in [0.1, 0.15) is 10.9 Å². The first-order valence-electron chi connectivity index (χ1n) is 8.56. The third-order valence-electron chi connectivity index (χ3n) is 4.70. The van der Waals surface area contributed by atoms with E-state index >= 15 is 0 Å². The maximum atomic E-state index is 8.95. The minimum Gasteiger partial charge on any atom is -0.298 e. The molecule has 3 heterocycles. The van der Waals surface area contributed by atoms with Gasteiger partial charge in [0.2, 0.25) is 0 Å². The van der Waals surface area contributed by atoms with E-state index in [9.17, 15) is 0 Å². The van der Waals surface area contributed by atoms with Gasteiger partial charge in [0, 0.05) is 36.8 Å². The van der Waals surface area contributed by atoms with Crippen molar-refractivity contribution in [3.05, 3.63) is 52.0 Å². The Morgan fingerprint density at radius 3 is 2.96 bits per heavy atom. The SMILES string of the molecule is CN(Cc1ccccn1)[C@@H]1CCCN(Cc2ccc(C#N)s2)CC1. The largest absolute Gasteiger partial charge is 0.298 e. The Labute approximate surface area is 148 Å². The number of pyridine rings is 1. The highest BCUT2D eigenvalue weighted by Gasteiger charge is 2.21. The minimum absolute atomic E-state index is 0.620. The van der Waals surface area contributed by atoms with Gasteiger partial charge >= 0.3 is 0 Å². The van der Waals surface area contributed by atoms with Gasteiger partial charge in [-0.25, -0.2) is 0 Å². The smallest absolute Gasteiger partial charge is 0.110 e. The highest BCUT2D eigenvalue weighted by atomic mass is 32.1. The molecule has 0 amide bonds. The minimum atomic E-state index is 0.620. The molecule has 0 saturated carbocycles. The Hall–Kier alpha value is -1.74. The predicted molar refractivity (Wildman–Crippen MR) is 97.7 cm³/mol. The summed E-state index contributed by atoms with van der Waals surface area (Å²) < 4.78 is 0. The van der Waals surface area contributed by atoms with Crippen LogP contribution in [0.2, 0.25) is 0 Å². The third kappa shape index (κ3) is 4.64. The van der Waals surface area contributed by atoms with Crippen molar-refractivity contribution in [1.29, 1.82) is 5.26 Å². The molecule has 2 aromatic rings. The zero-order valence-electron chi connectivity index (χ0n) is 14.2. The molecule has 2 aromatic heterocycles. The Balaban J connectivity index is 1.52. The van der Waals surface area contributed by atoms with E-state index in [1.165, 1.54) is 24.1 Å². The number of aromatic nitrogens is 1. The molecule has 0 N–H and O–H groups in total. The Morgan fingerprint density at radius 1 is 1.29 bits per heavy atom. The topological polar surface area (TPSA) is 43.2 Å². The predicted octanol–water partition coefficient (Wildman–Crippen LogP) is 3.50. The van der Waals surface area contributed by atoms with Crippen LogP contribution in [0.25, 0.3) is 0 Å². The summed E-state index contributed by atoms with van der Waals surface area (Å²) in [4.78, 5) is 11.5. The molecular weight excluding hydrogens is 316 g/mol. The van der Waals surface area contributed by atoms with E-state index in [0.717, 1.165) is 36.8 Å². The Kier molecular flexibility index (Phi) is 5.97. The van der Waals surface area contributed by atoms with Crippen LogP contribution in [0.3, 0.4) is 0 Å². The molecule has 0 spiro atoms. The monoisotopic (exact) mass is 340 g/mol. The molecule has 3 rings (SSSR count). The molecule has 0 unspecified atom stereocenters. The van der Waals surface area contributed by atoms with Crippen LogP contribution in [0, 0.1) is 11.3 Å². The molecular formula is C19H24N4S. The molecule has 126 valence electrons. The highest BCUT2D eigenvalue weighted by Crippen LogP contribution is 2.22. The second-order valence-electron chi connectivity index (χ2n) is 6.47. The van der Waals surface area contributed by atoms with Gasteiger partial charge in [-0.05, 0) is 57.1 Å². The molecule has 0 aliphatic carbocycles. The second kappa shape index (κ2) is 8.39. The molecule has 24 heavy (non-hydrogen) atoms. The van der Waals surface area contributed by atoms with Gasteiger partial charge in [-0.15, -0.1) is 11.3 Å². The van der Waals surface area contributed by atoms with Crippen LogP contribution >= 0.6 is 11.3 Å². The molecule has 1 fully saturated rings. The fourth-order valence-electron chi connectivity index (χ4n) is 3.36. The van der Waals surface area contributed by atoms with E-state index in [4.69, 9.17) is 5.26 Å². The summed E-state index contributed by atoms with van der Waals surface area (Å²) >= 11 is 1.62. The van der Waals surface area contributed by atoms with E-state index in [0.29, 0.717) is 6.04 Å². The van der Waals surface area contributed by atoms with Crippen LogP contribution in [0.4, 0.5) is 0 Å². The summed E-state index contributed by atoms with van der Waals surface area (Å²) in [7, 11) is 2.22. The Morgan fingerprint density at radius 2 is 2.21 bits per heavy atom. The number of hydrogen-bond acceptors (Lipinski definition) is 5. The molecule has 0 bridgehead atoms. The zero-order chi connectivity index (χ0) is 16.8. The first-order chi connectivity index (χ1) is 11.7. The maximum absolute atomic E-state index is 8.95. The summed E-state index contributed by atoms with van der Waals surface area (Å²) in [5.41, 5.74) is 1.14. The lowest BCUT2D eigenvalue weighted by Crippen LogP contribution is -2.32. The van der Waals surface area contributed by atoms with Gasteiger partial charge in [0.15, 0.2) is 0 Å². The van der Waals surface area contributed by atoms with Crippen molar-refractivity contribution in [3.63, 3.8) is 0 Å². The summed E-state index contributed by atoms with van der Waals surface area (Å²) in [5, 5.41) is 8.95. The summed E-state index contributed by atoms with van der Waals surface area (Å²) in [5.74, 6) is 0. The van der Waals surface area contributed by atoms with E-state index < -0.39 is 0 Å². The van der Waals surface area contributed by atoms with Gasteiger partial charge in [-0.2, -0.15) is 5.26 Å². The van der Waals surface area contributed by atoms with Crippen LogP contribution in [0.1, 0.15) is 34.7 Å². The zero-order valence-corrected chi connectivity index (χ0v) is 15.0. The standard InChI is InChI=1S/C19H24N4S/c1-22(14-16-5-2-3-10-21-16)17-6-4-11-23(12-9-17)15-19-8-7-18(13-20)24-19/h2-3,5,7-8,10,17H,4,6,9,11-12,14-15H2,1H3/t17-/m1/s1. The summed E-state index contributed by atoms with van der Waals surface area (Å²) in [6.07, 6.45) is 5.54. The fraction of sp³-hybridized carbons (Fsp3) is 0.474. The maximum Gasteiger partial charge on any atom is 0.110 e. The van der Waals surface area contributed by atoms with Crippen LogP contribution < -0.4 is 0 Å². The van der Waals surface area contributed by atoms with Gasteiger partial charge in [-0.1, -0.05) is 6.07 Å². The third-order valence-corrected chi connectivity index (χ3v) is 5.68. The number of nitriles is 1. The van der Waals surface area contributed by atoms with Crippen molar-refractivity contribution >= 4 is 11.3 Å². The van der Waals surface area contributed by atoms with Crippen LogP contribution in [0.5, 0.6) is 0 Å². The lowest BCUT2D eigenvalue weighted by molar-refractivity contribution is 0.205. The first kappa shape index (κ1) is 17.1. The summed E-state index contributed by atoms with van der Waals surface area (Å²) in [6.45, 7) is 4.16. The average Bonchev–Trinajstić information content (AvgIpc) is 2.92. The van der Waals surface area contributed by atoms with Crippen molar-refractivity contribution in [2.24, 2.45) is 0 Å². The lowest BCUT2D eigenvalue weighted by Gasteiger charge is -2.27. The van der Waals surface area contributed by atoms with Gasteiger partial charge in [-0.3, -0.25) is 14.8 Å². The van der Waals surface area contributed by atoms with Crippen molar-refractivity contribution in [1.82, 2.24) is 14.8 Å². The molecule has 1 aliphatic heterocycles. The lowest BCUT2D eigenvalue weighted by atomic mass is 10.1. The quantitative estimate of drug-likeness (QED) is 0.835. The second-order valence-corrected chi connectivity index (χ2v) is 7.64. The molecule has 5 heteroatoms. The number of nitrogens with zero attached hydrogens (tertiary/aromatic N) is 4. The van der Waals surface area contributed by atoms with Crippen LogP contribution in [-0.2, 0) is 13.1 Å². The molecule has 1 atom stereocenters. The highest BCUT2D eigenvalue weighted by molar-refractivity contribution is 7.12. The number of rotatable bonds is 5. The average molecular weight is 340 g/mol. The van der Waals surface area contributed by atoms with Crippen molar-refractivity contribution in [2.45, 2.75) is 38.4 Å². The molecule has 0 radical (unpaired) electrons. The number of thiophene rings is 1. The van der Waals surface area contributed by atoms with Crippen LogP contribution in [-0.4, -0.2) is 41.0 Å². The number of likely N-dealkylation sites (tertiary alicyclic amines) is 1. The number of hydrogen-bond donors (Lipinski definition) is 0. The normalized spacial score (nSPS) is 19.1. The molecule has 1 saturated heterocycles. The van der Waals surface area contributed by atoms with E-state index in [1.807, 2.05) is 18.3 Å². The fourth-order valence-corrected chi connectivity index (χ4v) is 4.20. The van der Waals surface area contributed by atoms with Crippen molar-refractivity contribution in [2.75, 3.05) is 20.1 Å². The van der Waals surface area contributed by atoms with Gasteiger partial charge < -0.3 is 0 Å². The van der Waals surface area contributed by atoms with Gasteiger partial charge in [0.05, 0.1) is 5.69 Å².